The van der Waals surface area contributed by atoms with Gasteiger partial charge in [0.2, 0.25) is 10.0 Å². The van der Waals surface area contributed by atoms with Crippen LogP contribution in [-0.4, -0.2) is 32.8 Å². The van der Waals surface area contributed by atoms with Crippen molar-refractivity contribution in [3.63, 3.8) is 0 Å². The van der Waals surface area contributed by atoms with E-state index in [4.69, 9.17) is 9.84 Å². The van der Waals surface area contributed by atoms with E-state index in [-0.39, 0.29) is 17.6 Å². The molecule has 2 N–H and O–H groups in total. The molecule has 0 spiro atoms. The highest BCUT2D eigenvalue weighted by Gasteiger charge is 2.19. The van der Waals surface area contributed by atoms with Crippen LogP contribution in [0.2, 0.25) is 0 Å². The molecule has 19 heavy (non-hydrogen) atoms. The Kier molecular flexibility index (Phi) is 4.93. The van der Waals surface area contributed by atoms with E-state index >= 15 is 0 Å². The molecule has 0 radical (unpaired) electrons. The topological polar surface area (TPSA) is 75.6 Å². The standard InChI is InChI=1S/C13H19NO4S/c15-10-11-4-3-6-13(8-11)19(16,17)14-9-12-5-1-2-7-18-12/h3-4,6,8,12,14-15H,1-2,5,7,9-10H2. The lowest BCUT2D eigenvalue weighted by molar-refractivity contribution is 0.0200. The van der Waals surface area contributed by atoms with Gasteiger partial charge in [-0.1, -0.05) is 12.1 Å². The summed E-state index contributed by atoms with van der Waals surface area (Å²) in [5, 5.41) is 9.03. The van der Waals surface area contributed by atoms with Gasteiger partial charge in [-0.15, -0.1) is 0 Å². The van der Waals surface area contributed by atoms with Crippen LogP contribution in [0.4, 0.5) is 0 Å². The molecule has 0 aliphatic carbocycles. The molecule has 1 aliphatic heterocycles. The van der Waals surface area contributed by atoms with E-state index in [0.29, 0.717) is 18.7 Å². The van der Waals surface area contributed by atoms with Crippen molar-refractivity contribution in [1.82, 2.24) is 4.72 Å². The van der Waals surface area contributed by atoms with Crippen molar-refractivity contribution < 1.29 is 18.3 Å². The summed E-state index contributed by atoms with van der Waals surface area (Å²) in [5.41, 5.74) is 0.580. The van der Waals surface area contributed by atoms with E-state index in [0.717, 1.165) is 19.3 Å². The highest BCUT2D eigenvalue weighted by molar-refractivity contribution is 7.89. The molecule has 0 aromatic heterocycles. The lowest BCUT2D eigenvalue weighted by atomic mass is 10.1. The number of ether oxygens (including phenoxy) is 1. The van der Waals surface area contributed by atoms with Crippen LogP contribution in [0.5, 0.6) is 0 Å². The van der Waals surface area contributed by atoms with Crippen molar-refractivity contribution >= 4 is 10.0 Å². The maximum absolute atomic E-state index is 12.1. The second-order valence-corrected chi connectivity index (χ2v) is 6.41. The van der Waals surface area contributed by atoms with Gasteiger partial charge in [0, 0.05) is 13.2 Å². The number of rotatable bonds is 5. The monoisotopic (exact) mass is 285 g/mol. The summed E-state index contributed by atoms with van der Waals surface area (Å²) in [6.45, 7) is 0.827. The summed E-state index contributed by atoms with van der Waals surface area (Å²) >= 11 is 0. The molecule has 106 valence electrons. The van der Waals surface area contributed by atoms with Crippen molar-refractivity contribution in [2.45, 2.75) is 36.9 Å². The number of nitrogens with one attached hydrogen (secondary N) is 1. The Labute approximate surface area is 113 Å². The van der Waals surface area contributed by atoms with Crippen LogP contribution in [0, 0.1) is 0 Å². The van der Waals surface area contributed by atoms with Gasteiger partial charge in [-0.05, 0) is 37.0 Å². The Morgan fingerprint density at radius 1 is 1.37 bits per heavy atom. The number of hydrogen-bond donors (Lipinski definition) is 2. The van der Waals surface area contributed by atoms with Gasteiger partial charge < -0.3 is 9.84 Å². The van der Waals surface area contributed by atoms with E-state index in [2.05, 4.69) is 4.72 Å². The molecule has 2 rings (SSSR count). The molecule has 1 heterocycles. The highest BCUT2D eigenvalue weighted by Crippen LogP contribution is 2.14. The molecule has 0 amide bonds. The van der Waals surface area contributed by atoms with Crippen molar-refractivity contribution in [3.8, 4) is 0 Å². The quantitative estimate of drug-likeness (QED) is 0.847. The third-order valence-corrected chi connectivity index (χ3v) is 4.59. The van der Waals surface area contributed by atoms with E-state index in [1.165, 1.54) is 12.1 Å². The Balaban J connectivity index is 2.00. The van der Waals surface area contributed by atoms with Crippen LogP contribution < -0.4 is 4.72 Å². The fourth-order valence-corrected chi connectivity index (χ4v) is 3.20. The molecular weight excluding hydrogens is 266 g/mol. The van der Waals surface area contributed by atoms with Crippen molar-refractivity contribution in [2.75, 3.05) is 13.2 Å². The smallest absolute Gasteiger partial charge is 0.240 e. The van der Waals surface area contributed by atoms with Gasteiger partial charge in [-0.3, -0.25) is 0 Å². The molecule has 0 bridgehead atoms. The van der Waals surface area contributed by atoms with Crippen molar-refractivity contribution in [2.24, 2.45) is 0 Å². The minimum Gasteiger partial charge on any atom is -0.392 e. The minimum atomic E-state index is -3.53. The first-order valence-corrected chi connectivity index (χ1v) is 7.91. The maximum Gasteiger partial charge on any atom is 0.240 e. The minimum absolute atomic E-state index is 0.0375. The second kappa shape index (κ2) is 6.47. The first-order valence-electron chi connectivity index (χ1n) is 6.43. The van der Waals surface area contributed by atoms with E-state index in [1.807, 2.05) is 0 Å². The summed E-state index contributed by atoms with van der Waals surface area (Å²) in [6, 6.07) is 6.30. The zero-order valence-corrected chi connectivity index (χ0v) is 11.5. The number of sulfonamides is 1. The SMILES string of the molecule is O=S(=O)(NCC1CCCCO1)c1cccc(CO)c1. The largest absolute Gasteiger partial charge is 0.392 e. The molecular formula is C13H19NO4S. The van der Waals surface area contributed by atoms with Crippen LogP contribution in [0.1, 0.15) is 24.8 Å². The third kappa shape index (κ3) is 4.01. The average molecular weight is 285 g/mol. The molecule has 1 saturated heterocycles. The fourth-order valence-electron chi connectivity index (χ4n) is 2.07. The summed E-state index contributed by atoms with van der Waals surface area (Å²) in [5.74, 6) is 0. The van der Waals surface area contributed by atoms with E-state index in [1.54, 1.807) is 12.1 Å². The van der Waals surface area contributed by atoms with Crippen LogP contribution >= 0.6 is 0 Å². The van der Waals surface area contributed by atoms with E-state index in [9.17, 15) is 8.42 Å². The number of aliphatic hydroxyl groups excluding tert-OH is 1. The van der Waals surface area contributed by atoms with Crippen LogP contribution in [0.3, 0.4) is 0 Å². The lowest BCUT2D eigenvalue weighted by Crippen LogP contribution is -2.35. The predicted octanol–water partition coefficient (Wildman–Crippen LogP) is 1.03. The normalized spacial score (nSPS) is 20.4. The first-order chi connectivity index (χ1) is 9.12. The maximum atomic E-state index is 12.1. The Morgan fingerprint density at radius 3 is 2.89 bits per heavy atom. The Bertz CT molecular complexity index is 509. The summed E-state index contributed by atoms with van der Waals surface area (Å²) in [7, 11) is -3.53. The van der Waals surface area contributed by atoms with Crippen molar-refractivity contribution in [3.05, 3.63) is 29.8 Å². The third-order valence-electron chi connectivity index (χ3n) is 3.17. The fraction of sp³-hybridized carbons (Fsp3) is 0.538. The number of aliphatic hydroxyl groups is 1. The first kappa shape index (κ1) is 14.5. The molecule has 1 atom stereocenters. The predicted molar refractivity (Wildman–Crippen MR) is 71.1 cm³/mol. The molecule has 6 heteroatoms. The highest BCUT2D eigenvalue weighted by atomic mass is 32.2. The molecule has 0 saturated carbocycles. The lowest BCUT2D eigenvalue weighted by Gasteiger charge is -2.22. The van der Waals surface area contributed by atoms with Gasteiger partial charge in [0.15, 0.2) is 0 Å². The Morgan fingerprint density at radius 2 is 2.21 bits per heavy atom. The van der Waals surface area contributed by atoms with Crippen molar-refractivity contribution in [1.29, 1.82) is 0 Å². The molecule has 1 aliphatic rings. The van der Waals surface area contributed by atoms with Gasteiger partial charge in [0.1, 0.15) is 0 Å². The summed E-state index contributed by atoms with van der Waals surface area (Å²) < 4.78 is 32.2. The zero-order valence-electron chi connectivity index (χ0n) is 10.7. The Hall–Kier alpha value is -0.950. The second-order valence-electron chi connectivity index (χ2n) is 4.65. The molecule has 1 aromatic rings. The average Bonchev–Trinajstić information content (AvgIpc) is 2.46. The molecule has 5 nitrogen and oxygen atoms in total. The molecule has 1 unspecified atom stereocenters. The number of benzene rings is 1. The van der Waals surface area contributed by atoms with Gasteiger partial charge in [-0.2, -0.15) is 0 Å². The van der Waals surface area contributed by atoms with Gasteiger partial charge in [0.25, 0.3) is 0 Å². The summed E-state index contributed by atoms with van der Waals surface area (Å²) in [6.07, 6.45) is 2.97. The summed E-state index contributed by atoms with van der Waals surface area (Å²) in [4.78, 5) is 0.176. The van der Waals surface area contributed by atoms with E-state index < -0.39 is 10.0 Å². The molecule has 1 fully saturated rings. The van der Waals surface area contributed by atoms with Crippen LogP contribution in [0.25, 0.3) is 0 Å². The number of hydrogen-bond acceptors (Lipinski definition) is 4. The molecule has 1 aromatic carbocycles. The van der Waals surface area contributed by atoms with Gasteiger partial charge >= 0.3 is 0 Å². The van der Waals surface area contributed by atoms with Crippen LogP contribution in [-0.2, 0) is 21.4 Å². The van der Waals surface area contributed by atoms with Gasteiger partial charge in [-0.25, -0.2) is 13.1 Å². The zero-order chi connectivity index (χ0) is 13.7. The van der Waals surface area contributed by atoms with Gasteiger partial charge in [0.05, 0.1) is 17.6 Å². The van der Waals surface area contributed by atoms with Crippen LogP contribution in [0.15, 0.2) is 29.2 Å².